The smallest absolute Gasteiger partial charge is 0.407 e. The third-order valence-corrected chi connectivity index (χ3v) is 7.07. The highest BCUT2D eigenvalue weighted by atomic mass is 16.6. The predicted molar refractivity (Wildman–Crippen MR) is 104 cm³/mol. The lowest BCUT2D eigenvalue weighted by Gasteiger charge is -2.54. The Kier molecular flexibility index (Phi) is 6.11. The van der Waals surface area contributed by atoms with Crippen LogP contribution in [0.5, 0.6) is 0 Å². The Balaban J connectivity index is 1.66. The second-order valence-corrected chi connectivity index (χ2v) is 8.60. The SMILES string of the molecule is C/C=C/[C@H]1OC[C@@]2(COC(=O)NC3CCCCC3)[C@H](C)C=C(C)[C@H]1[C@H]2C. The number of carbonyl (C=O) groups is 1. The maximum atomic E-state index is 12.4. The summed E-state index contributed by atoms with van der Waals surface area (Å²) in [5, 5.41) is 3.07. The highest BCUT2D eigenvalue weighted by Crippen LogP contribution is 2.52. The summed E-state index contributed by atoms with van der Waals surface area (Å²) in [6, 6.07) is 0.284. The molecule has 3 rings (SSSR count). The van der Waals surface area contributed by atoms with Crippen LogP contribution in [0.15, 0.2) is 23.8 Å². The molecule has 4 heteroatoms. The molecule has 2 fully saturated rings. The molecule has 3 aliphatic rings. The third-order valence-electron chi connectivity index (χ3n) is 7.07. The molecule has 1 heterocycles. The molecule has 26 heavy (non-hydrogen) atoms. The molecule has 146 valence electrons. The van der Waals surface area contributed by atoms with Gasteiger partial charge in [0.1, 0.15) is 6.61 Å². The first-order valence-electron chi connectivity index (χ1n) is 10.3. The molecule has 0 aromatic carbocycles. The number of fused-ring (bicyclic) bond motifs is 2. The molecule has 1 saturated carbocycles. The summed E-state index contributed by atoms with van der Waals surface area (Å²) in [7, 11) is 0. The average Bonchev–Trinajstić information content (AvgIpc) is 2.61. The van der Waals surface area contributed by atoms with Crippen molar-refractivity contribution in [2.45, 2.75) is 71.9 Å². The molecule has 1 N–H and O–H groups in total. The average molecular weight is 362 g/mol. The molecule has 0 radical (unpaired) electrons. The van der Waals surface area contributed by atoms with E-state index in [2.05, 4.69) is 44.3 Å². The molecule has 1 saturated heterocycles. The van der Waals surface area contributed by atoms with E-state index in [1.807, 2.05) is 6.92 Å². The van der Waals surface area contributed by atoms with Gasteiger partial charge in [0.05, 0.1) is 12.7 Å². The van der Waals surface area contributed by atoms with E-state index in [4.69, 9.17) is 9.47 Å². The van der Waals surface area contributed by atoms with Gasteiger partial charge < -0.3 is 14.8 Å². The Hall–Kier alpha value is -1.29. The van der Waals surface area contributed by atoms with E-state index < -0.39 is 0 Å². The van der Waals surface area contributed by atoms with Crippen molar-refractivity contribution in [3.05, 3.63) is 23.8 Å². The maximum Gasteiger partial charge on any atom is 0.407 e. The topological polar surface area (TPSA) is 47.6 Å². The molecule has 2 bridgehead atoms. The summed E-state index contributed by atoms with van der Waals surface area (Å²) in [5.74, 6) is 1.11. The van der Waals surface area contributed by atoms with Crippen LogP contribution < -0.4 is 5.32 Å². The largest absolute Gasteiger partial charge is 0.449 e. The van der Waals surface area contributed by atoms with Crippen LogP contribution in [0, 0.1) is 23.2 Å². The molecule has 4 nitrogen and oxygen atoms in total. The Morgan fingerprint density at radius 2 is 2.08 bits per heavy atom. The predicted octanol–water partition coefficient (Wildman–Crippen LogP) is 4.85. The molecule has 0 aromatic rings. The van der Waals surface area contributed by atoms with Crippen molar-refractivity contribution in [2.24, 2.45) is 23.2 Å². The zero-order valence-corrected chi connectivity index (χ0v) is 16.8. The minimum Gasteiger partial charge on any atom is -0.449 e. The number of amides is 1. The molecule has 0 unspecified atom stereocenters. The number of carbonyl (C=O) groups excluding carboxylic acids is 1. The van der Waals surface area contributed by atoms with Gasteiger partial charge in [-0.2, -0.15) is 0 Å². The zero-order chi connectivity index (χ0) is 18.7. The van der Waals surface area contributed by atoms with Gasteiger partial charge in [-0.05, 0) is 38.5 Å². The summed E-state index contributed by atoms with van der Waals surface area (Å²) < 4.78 is 12.0. The molecule has 1 aliphatic heterocycles. The van der Waals surface area contributed by atoms with Crippen LogP contribution in [0.1, 0.15) is 59.8 Å². The normalized spacial score (nSPS) is 38.1. The monoisotopic (exact) mass is 361 g/mol. The van der Waals surface area contributed by atoms with E-state index in [1.54, 1.807) is 0 Å². The van der Waals surface area contributed by atoms with E-state index in [0.29, 0.717) is 31.0 Å². The lowest BCUT2D eigenvalue weighted by Crippen LogP contribution is -2.56. The summed E-state index contributed by atoms with van der Waals surface area (Å²) in [5.41, 5.74) is 1.27. The van der Waals surface area contributed by atoms with E-state index in [1.165, 1.54) is 24.8 Å². The van der Waals surface area contributed by atoms with Crippen LogP contribution in [0.2, 0.25) is 0 Å². The Morgan fingerprint density at radius 3 is 2.77 bits per heavy atom. The lowest BCUT2D eigenvalue weighted by atomic mass is 9.56. The Labute approximate surface area is 158 Å². The maximum absolute atomic E-state index is 12.4. The first kappa shape index (κ1) is 19.5. The second kappa shape index (κ2) is 8.16. The lowest BCUT2D eigenvalue weighted by molar-refractivity contribution is -0.149. The van der Waals surface area contributed by atoms with Crippen LogP contribution in [0.25, 0.3) is 0 Å². The molecule has 0 aromatic heterocycles. The van der Waals surface area contributed by atoms with Gasteiger partial charge in [-0.3, -0.25) is 0 Å². The molecule has 5 atom stereocenters. The van der Waals surface area contributed by atoms with Crippen LogP contribution in [-0.4, -0.2) is 31.5 Å². The van der Waals surface area contributed by atoms with Gasteiger partial charge >= 0.3 is 6.09 Å². The highest BCUT2D eigenvalue weighted by Gasteiger charge is 2.53. The molecular formula is C22H35NO3. The molecule has 0 spiro atoms. The minimum atomic E-state index is -0.260. The van der Waals surface area contributed by atoms with Gasteiger partial charge in [0.25, 0.3) is 0 Å². The van der Waals surface area contributed by atoms with Gasteiger partial charge in [-0.15, -0.1) is 0 Å². The third kappa shape index (κ3) is 3.71. The van der Waals surface area contributed by atoms with E-state index >= 15 is 0 Å². The number of hydrogen-bond donors (Lipinski definition) is 1. The van der Waals surface area contributed by atoms with Gasteiger partial charge in [0.15, 0.2) is 0 Å². The zero-order valence-electron chi connectivity index (χ0n) is 16.8. The first-order chi connectivity index (χ1) is 12.5. The van der Waals surface area contributed by atoms with Crippen LogP contribution in [0.4, 0.5) is 4.79 Å². The fourth-order valence-electron chi connectivity index (χ4n) is 5.32. The van der Waals surface area contributed by atoms with Crippen LogP contribution >= 0.6 is 0 Å². The van der Waals surface area contributed by atoms with E-state index in [9.17, 15) is 4.79 Å². The quantitative estimate of drug-likeness (QED) is 0.728. The molecule has 1 amide bonds. The summed E-state index contributed by atoms with van der Waals surface area (Å²) in [6.07, 6.45) is 12.3. The number of allylic oxidation sites excluding steroid dienone is 2. The van der Waals surface area contributed by atoms with Crippen molar-refractivity contribution in [3.8, 4) is 0 Å². The first-order valence-corrected chi connectivity index (χ1v) is 10.3. The van der Waals surface area contributed by atoms with Crippen LogP contribution in [0.3, 0.4) is 0 Å². The number of nitrogens with one attached hydrogen (secondary N) is 1. The number of hydrogen-bond acceptors (Lipinski definition) is 3. The van der Waals surface area contributed by atoms with Crippen molar-refractivity contribution in [1.82, 2.24) is 5.32 Å². The van der Waals surface area contributed by atoms with Gasteiger partial charge in [-0.25, -0.2) is 4.79 Å². The second-order valence-electron chi connectivity index (χ2n) is 8.60. The van der Waals surface area contributed by atoms with Crippen molar-refractivity contribution in [2.75, 3.05) is 13.2 Å². The molecular weight excluding hydrogens is 326 g/mol. The van der Waals surface area contributed by atoms with Crippen molar-refractivity contribution >= 4 is 6.09 Å². The van der Waals surface area contributed by atoms with E-state index in [-0.39, 0.29) is 23.7 Å². The van der Waals surface area contributed by atoms with Gasteiger partial charge in [-0.1, -0.05) is 56.9 Å². The Morgan fingerprint density at radius 1 is 1.35 bits per heavy atom. The van der Waals surface area contributed by atoms with E-state index in [0.717, 1.165) is 12.8 Å². The number of alkyl carbamates (subject to hydrolysis) is 1. The fourth-order valence-corrected chi connectivity index (χ4v) is 5.32. The van der Waals surface area contributed by atoms with Gasteiger partial charge in [0.2, 0.25) is 0 Å². The summed E-state index contributed by atoms with van der Waals surface area (Å²) in [6.45, 7) is 9.86. The van der Waals surface area contributed by atoms with Crippen molar-refractivity contribution in [1.29, 1.82) is 0 Å². The minimum absolute atomic E-state index is 0.128. The summed E-state index contributed by atoms with van der Waals surface area (Å²) >= 11 is 0. The highest BCUT2D eigenvalue weighted by molar-refractivity contribution is 5.67. The summed E-state index contributed by atoms with van der Waals surface area (Å²) in [4.78, 5) is 12.4. The number of ether oxygens (including phenoxy) is 2. The van der Waals surface area contributed by atoms with Crippen molar-refractivity contribution < 1.29 is 14.3 Å². The standard InChI is InChI=1S/C22H35NO3/c1-5-9-19-20-15(2)12-16(3)22(13-25-19,17(20)4)14-26-21(24)23-18-10-7-6-8-11-18/h5,9,12,16-20H,6-8,10-11,13-14H2,1-4H3,(H,23,24)/b9-5+/t16-,17-,19-,20+,22-/m1/s1. The van der Waals surface area contributed by atoms with Crippen LogP contribution in [-0.2, 0) is 9.47 Å². The molecule has 2 aliphatic carbocycles. The van der Waals surface area contributed by atoms with Gasteiger partial charge in [0, 0.05) is 17.4 Å². The fraction of sp³-hybridized carbons (Fsp3) is 0.773. The van der Waals surface area contributed by atoms with Crippen molar-refractivity contribution in [3.63, 3.8) is 0 Å². The number of rotatable bonds is 4. The Bertz CT molecular complexity index is 564.